The maximum Gasteiger partial charge on any atom is 0.254 e. The van der Waals surface area contributed by atoms with Crippen molar-refractivity contribution in [3.63, 3.8) is 0 Å². The van der Waals surface area contributed by atoms with Gasteiger partial charge in [0.05, 0.1) is 17.0 Å². The first-order chi connectivity index (χ1) is 7.85. The molecule has 0 saturated heterocycles. The Labute approximate surface area is 99.2 Å². The highest BCUT2D eigenvalue weighted by Gasteiger charge is 2.19. The maximum atomic E-state index is 13.4. The molecule has 3 N–H and O–H groups in total. The molecule has 0 bridgehead atoms. The minimum absolute atomic E-state index is 0.0760. The van der Waals surface area contributed by atoms with Crippen LogP contribution in [0.15, 0.2) is 18.2 Å². The highest BCUT2D eigenvalue weighted by molar-refractivity contribution is 5.94. The zero-order valence-corrected chi connectivity index (χ0v) is 9.75. The summed E-state index contributed by atoms with van der Waals surface area (Å²) in [5.74, 6) is -1.22. The molecule has 90 valence electrons. The molecule has 17 heavy (non-hydrogen) atoms. The van der Waals surface area contributed by atoms with E-state index in [1.54, 1.807) is 13.8 Å². The second-order valence-electron chi connectivity index (χ2n) is 4.42. The third kappa shape index (κ3) is 3.45. The van der Waals surface area contributed by atoms with Gasteiger partial charge in [0.25, 0.3) is 5.91 Å². The van der Waals surface area contributed by atoms with Gasteiger partial charge in [-0.1, -0.05) is 0 Å². The summed E-state index contributed by atoms with van der Waals surface area (Å²) >= 11 is 0. The van der Waals surface area contributed by atoms with Crippen LogP contribution in [0.3, 0.4) is 0 Å². The van der Waals surface area contributed by atoms with Crippen molar-refractivity contribution in [2.45, 2.75) is 13.8 Å². The van der Waals surface area contributed by atoms with Crippen molar-refractivity contribution in [1.29, 1.82) is 5.26 Å². The number of carbonyl (C=O) groups is 1. The number of carbonyl (C=O) groups excluding carboxylic acids is 1. The van der Waals surface area contributed by atoms with Gasteiger partial charge in [-0.15, -0.1) is 0 Å². The third-order valence-electron chi connectivity index (χ3n) is 2.23. The zero-order chi connectivity index (χ0) is 13.1. The summed E-state index contributed by atoms with van der Waals surface area (Å²) in [6.07, 6.45) is 0. The monoisotopic (exact) mass is 235 g/mol. The Balaban J connectivity index is 2.75. The Kier molecular flexibility index (Phi) is 3.69. The van der Waals surface area contributed by atoms with Crippen molar-refractivity contribution >= 4 is 11.6 Å². The summed E-state index contributed by atoms with van der Waals surface area (Å²) in [6.45, 7) is 3.53. The van der Waals surface area contributed by atoms with Crippen molar-refractivity contribution < 1.29 is 9.18 Å². The first-order valence-corrected chi connectivity index (χ1v) is 5.10. The van der Waals surface area contributed by atoms with Gasteiger partial charge >= 0.3 is 0 Å². The number of amides is 1. The fraction of sp³-hybridized carbons (Fsp3) is 0.333. The highest BCUT2D eigenvalue weighted by Crippen LogP contribution is 2.14. The zero-order valence-electron chi connectivity index (χ0n) is 9.75. The van der Waals surface area contributed by atoms with Gasteiger partial charge in [-0.3, -0.25) is 4.79 Å². The Bertz CT molecular complexity index is 477. The van der Waals surface area contributed by atoms with Crippen molar-refractivity contribution in [3.8, 4) is 6.07 Å². The van der Waals surface area contributed by atoms with Gasteiger partial charge < -0.3 is 11.1 Å². The van der Waals surface area contributed by atoms with E-state index in [0.717, 1.165) is 6.07 Å². The Morgan fingerprint density at radius 2 is 2.24 bits per heavy atom. The van der Waals surface area contributed by atoms with Gasteiger partial charge in [0.2, 0.25) is 0 Å². The van der Waals surface area contributed by atoms with Crippen LogP contribution < -0.4 is 11.1 Å². The van der Waals surface area contributed by atoms with E-state index in [0.29, 0.717) is 0 Å². The average Bonchev–Trinajstić information content (AvgIpc) is 2.26. The molecule has 0 heterocycles. The summed E-state index contributed by atoms with van der Waals surface area (Å²) < 4.78 is 13.4. The summed E-state index contributed by atoms with van der Waals surface area (Å²) in [5, 5.41) is 11.3. The van der Waals surface area contributed by atoms with Gasteiger partial charge in [0, 0.05) is 12.2 Å². The number of benzene rings is 1. The van der Waals surface area contributed by atoms with Crippen molar-refractivity contribution in [2.24, 2.45) is 5.41 Å². The molecule has 1 rings (SSSR count). The smallest absolute Gasteiger partial charge is 0.254 e. The number of nitriles is 1. The van der Waals surface area contributed by atoms with Crippen LogP contribution in [-0.4, -0.2) is 12.5 Å². The topological polar surface area (TPSA) is 78.9 Å². The predicted molar refractivity (Wildman–Crippen MR) is 62.5 cm³/mol. The Morgan fingerprint density at radius 1 is 1.59 bits per heavy atom. The molecule has 0 unspecified atom stereocenters. The van der Waals surface area contributed by atoms with E-state index < -0.39 is 17.1 Å². The summed E-state index contributed by atoms with van der Waals surface area (Å²) in [4.78, 5) is 11.6. The lowest BCUT2D eigenvalue weighted by molar-refractivity contribution is 0.0939. The second kappa shape index (κ2) is 4.83. The average molecular weight is 235 g/mol. The van der Waals surface area contributed by atoms with Crippen LogP contribution in [0, 0.1) is 22.6 Å². The molecule has 5 heteroatoms. The van der Waals surface area contributed by atoms with Crippen LogP contribution >= 0.6 is 0 Å². The summed E-state index contributed by atoms with van der Waals surface area (Å²) in [6, 6.07) is 5.90. The minimum Gasteiger partial charge on any atom is -0.399 e. The van der Waals surface area contributed by atoms with Crippen LogP contribution in [0.5, 0.6) is 0 Å². The lowest BCUT2D eigenvalue weighted by Gasteiger charge is -2.15. The Morgan fingerprint density at radius 3 is 2.76 bits per heavy atom. The fourth-order valence-electron chi connectivity index (χ4n) is 1.15. The van der Waals surface area contributed by atoms with Crippen LogP contribution in [0.1, 0.15) is 24.2 Å². The molecule has 0 aliphatic rings. The number of nitrogens with one attached hydrogen (secondary N) is 1. The van der Waals surface area contributed by atoms with Crippen molar-refractivity contribution in [3.05, 3.63) is 29.6 Å². The fourth-order valence-corrected chi connectivity index (χ4v) is 1.15. The maximum absolute atomic E-state index is 13.4. The number of rotatable bonds is 3. The van der Waals surface area contributed by atoms with Crippen molar-refractivity contribution in [1.82, 2.24) is 5.32 Å². The van der Waals surface area contributed by atoms with E-state index >= 15 is 0 Å². The van der Waals surface area contributed by atoms with E-state index in [9.17, 15) is 9.18 Å². The predicted octanol–water partition coefficient (Wildman–Crippen LogP) is 1.69. The molecule has 0 aliphatic heterocycles. The molecular weight excluding hydrogens is 221 g/mol. The number of nitrogen functional groups attached to an aromatic ring is 1. The molecule has 0 fully saturated rings. The molecule has 0 saturated carbocycles. The van der Waals surface area contributed by atoms with E-state index in [2.05, 4.69) is 5.32 Å². The molecule has 1 aromatic rings. The third-order valence-corrected chi connectivity index (χ3v) is 2.23. The number of hydrogen-bond acceptors (Lipinski definition) is 3. The van der Waals surface area contributed by atoms with Crippen molar-refractivity contribution in [2.75, 3.05) is 12.3 Å². The first-order valence-electron chi connectivity index (χ1n) is 5.10. The first kappa shape index (κ1) is 13.0. The summed E-state index contributed by atoms with van der Waals surface area (Å²) in [5.41, 5.74) is 4.88. The molecule has 4 nitrogen and oxygen atoms in total. The molecule has 0 atom stereocenters. The SMILES string of the molecule is CC(C)(C#N)CNC(=O)c1ccc(N)cc1F. The van der Waals surface area contributed by atoms with Gasteiger partial charge in [0.15, 0.2) is 0 Å². The highest BCUT2D eigenvalue weighted by atomic mass is 19.1. The molecule has 0 aromatic heterocycles. The lowest BCUT2D eigenvalue weighted by Crippen LogP contribution is -2.33. The molecule has 0 spiro atoms. The van der Waals surface area contributed by atoms with E-state index in [1.165, 1.54) is 12.1 Å². The summed E-state index contributed by atoms with van der Waals surface area (Å²) in [7, 11) is 0. The van der Waals surface area contributed by atoms with E-state index in [4.69, 9.17) is 11.0 Å². The lowest BCUT2D eigenvalue weighted by atomic mass is 9.96. The normalized spacial score (nSPS) is 10.7. The number of anilines is 1. The second-order valence-corrected chi connectivity index (χ2v) is 4.42. The van der Waals surface area contributed by atoms with Gasteiger partial charge in [-0.2, -0.15) is 5.26 Å². The quantitative estimate of drug-likeness (QED) is 0.782. The van der Waals surface area contributed by atoms with Gasteiger partial charge in [-0.25, -0.2) is 4.39 Å². The standard InChI is InChI=1S/C12H14FN3O/c1-12(2,6-14)7-16-11(17)9-4-3-8(15)5-10(9)13/h3-5H,7,15H2,1-2H3,(H,16,17). The van der Waals surface area contributed by atoms with Crippen LogP contribution in [0.4, 0.5) is 10.1 Å². The van der Waals surface area contributed by atoms with E-state index in [-0.39, 0.29) is 17.8 Å². The van der Waals surface area contributed by atoms with Crippen LogP contribution in [-0.2, 0) is 0 Å². The minimum atomic E-state index is -0.681. The number of nitrogens with two attached hydrogens (primary N) is 1. The molecule has 1 amide bonds. The largest absolute Gasteiger partial charge is 0.399 e. The molecular formula is C12H14FN3O. The van der Waals surface area contributed by atoms with Crippen LogP contribution in [0.25, 0.3) is 0 Å². The number of nitrogens with zero attached hydrogens (tertiary/aromatic N) is 1. The number of halogens is 1. The molecule has 0 radical (unpaired) electrons. The molecule has 0 aliphatic carbocycles. The van der Waals surface area contributed by atoms with E-state index in [1.807, 2.05) is 6.07 Å². The van der Waals surface area contributed by atoms with Crippen LogP contribution in [0.2, 0.25) is 0 Å². The van der Waals surface area contributed by atoms with Gasteiger partial charge in [0.1, 0.15) is 5.82 Å². The Hall–Kier alpha value is -2.09. The van der Waals surface area contributed by atoms with Gasteiger partial charge in [-0.05, 0) is 32.0 Å². The molecule has 1 aromatic carbocycles. The number of hydrogen-bond donors (Lipinski definition) is 2.